The molecule has 1 fully saturated rings. The minimum Gasteiger partial charge on any atom is -0.426 e. The number of carbonyl (C=O) groups is 2. The Morgan fingerprint density at radius 3 is 2.76 bits per heavy atom. The van der Waals surface area contributed by atoms with Crippen LogP contribution >= 0.6 is 0 Å². The maximum atomic E-state index is 12.3. The van der Waals surface area contributed by atoms with E-state index in [1.807, 2.05) is 0 Å². The van der Waals surface area contributed by atoms with Gasteiger partial charge in [0.2, 0.25) is 0 Å². The van der Waals surface area contributed by atoms with Crippen molar-refractivity contribution in [2.45, 2.75) is 38.5 Å². The Labute approximate surface area is 121 Å². The first-order valence-electron chi connectivity index (χ1n) is 7.17. The lowest BCUT2D eigenvalue weighted by Gasteiger charge is -2.24. The summed E-state index contributed by atoms with van der Waals surface area (Å²) < 4.78 is 5.03. The van der Waals surface area contributed by atoms with Crippen molar-refractivity contribution in [1.29, 1.82) is 0 Å². The van der Waals surface area contributed by atoms with Gasteiger partial charge >= 0.3 is 5.63 Å². The maximum absolute atomic E-state index is 12.3. The van der Waals surface area contributed by atoms with Crippen LogP contribution in [-0.4, -0.2) is 24.0 Å². The van der Waals surface area contributed by atoms with Gasteiger partial charge in [0.15, 0.2) is 0 Å². The first-order valence-corrected chi connectivity index (χ1v) is 7.17. The molecule has 112 valence electrons. The zero-order chi connectivity index (χ0) is 15.0. The van der Waals surface area contributed by atoms with Crippen LogP contribution in [0, 0.1) is 5.92 Å². The highest BCUT2D eigenvalue weighted by atomic mass is 16.7. The van der Waals surface area contributed by atoms with E-state index in [2.05, 4.69) is 0 Å². The Balaban J connectivity index is 1.91. The van der Waals surface area contributed by atoms with E-state index in [1.165, 1.54) is 26.0 Å². The molecule has 0 radical (unpaired) electrons. The van der Waals surface area contributed by atoms with E-state index in [0.717, 1.165) is 23.8 Å². The van der Waals surface area contributed by atoms with Crippen LogP contribution in [0.1, 0.15) is 47.4 Å². The molecule has 0 saturated heterocycles. The molecule has 1 saturated carbocycles. The predicted octanol–water partition coefficient (Wildman–Crippen LogP) is 1.46. The van der Waals surface area contributed by atoms with Crippen molar-refractivity contribution < 1.29 is 18.8 Å². The number of rotatable bonds is 5. The Bertz CT molecular complexity index is 644. The van der Waals surface area contributed by atoms with Crippen LogP contribution in [0.15, 0.2) is 15.3 Å². The number of hydrogen-bond acceptors (Lipinski definition) is 5. The molecule has 2 aliphatic rings. The van der Waals surface area contributed by atoms with Gasteiger partial charge in [-0.05, 0) is 24.3 Å². The quantitative estimate of drug-likeness (QED) is 0.768. The number of hydroxylamine groups is 2. The number of amides is 2. The first kappa shape index (κ1) is 14.0. The van der Waals surface area contributed by atoms with Crippen molar-refractivity contribution in [3.05, 3.63) is 33.4 Å². The summed E-state index contributed by atoms with van der Waals surface area (Å²) in [6, 6.07) is 1.35. The van der Waals surface area contributed by atoms with Crippen LogP contribution in [0.2, 0.25) is 0 Å². The second-order valence-corrected chi connectivity index (χ2v) is 5.58. The Hall–Kier alpha value is -1.95. The monoisotopic (exact) mass is 291 g/mol. The van der Waals surface area contributed by atoms with Gasteiger partial charge in [-0.1, -0.05) is 19.3 Å². The number of imide groups is 1. The fraction of sp³-hybridized carbons (Fsp3) is 0.533. The molecule has 0 spiro atoms. The van der Waals surface area contributed by atoms with E-state index in [-0.39, 0.29) is 12.2 Å². The molecule has 3 rings (SSSR count). The summed E-state index contributed by atoms with van der Waals surface area (Å²) in [5, 5.41) is 0.729. The molecule has 0 N–H and O–H groups in total. The van der Waals surface area contributed by atoms with Crippen LogP contribution in [0.3, 0.4) is 0 Å². The van der Waals surface area contributed by atoms with E-state index in [9.17, 15) is 14.4 Å². The topological polar surface area (TPSA) is 76.8 Å². The molecule has 0 unspecified atom stereocenters. The van der Waals surface area contributed by atoms with E-state index in [4.69, 9.17) is 9.25 Å². The highest BCUT2D eigenvalue weighted by Crippen LogP contribution is 2.34. The molecule has 2 amide bonds. The summed E-state index contributed by atoms with van der Waals surface area (Å²) in [5.41, 5.74) is 0.454. The lowest BCUT2D eigenvalue weighted by Crippen LogP contribution is -2.42. The van der Waals surface area contributed by atoms with Crippen molar-refractivity contribution in [3.63, 3.8) is 0 Å². The highest BCUT2D eigenvalue weighted by Gasteiger charge is 2.35. The van der Waals surface area contributed by atoms with Crippen molar-refractivity contribution >= 4 is 11.8 Å². The van der Waals surface area contributed by atoms with Gasteiger partial charge in [-0.3, -0.25) is 14.4 Å². The van der Waals surface area contributed by atoms with E-state index in [1.54, 1.807) is 0 Å². The van der Waals surface area contributed by atoms with Gasteiger partial charge in [-0.15, -0.1) is 5.06 Å². The normalized spacial score (nSPS) is 18.0. The number of carbonyl (C=O) groups excluding carboxylic acids is 2. The third-order valence-electron chi connectivity index (χ3n) is 3.99. The molecule has 6 nitrogen and oxygen atoms in total. The Kier molecular flexibility index (Phi) is 3.63. The lowest BCUT2D eigenvalue weighted by molar-refractivity contribution is -0.162. The molecule has 2 heterocycles. The minimum absolute atomic E-state index is 0.124. The van der Waals surface area contributed by atoms with Gasteiger partial charge in [-0.2, -0.15) is 0 Å². The summed E-state index contributed by atoms with van der Waals surface area (Å²) in [6.07, 6.45) is 5.10. The summed E-state index contributed by atoms with van der Waals surface area (Å²) in [6.45, 7) is 0. The van der Waals surface area contributed by atoms with Gasteiger partial charge in [-0.25, -0.2) is 4.79 Å². The smallest absolute Gasteiger partial charge is 0.336 e. The zero-order valence-electron chi connectivity index (χ0n) is 11.9. The summed E-state index contributed by atoms with van der Waals surface area (Å²) >= 11 is 0. The third kappa shape index (κ3) is 2.76. The average molecular weight is 291 g/mol. The summed E-state index contributed by atoms with van der Waals surface area (Å²) in [4.78, 5) is 40.5. The SMILES string of the molecule is CON1C(=O)Cc2oc(=O)cc(CCCC3CC3)c2C1=O. The Morgan fingerprint density at radius 2 is 2.10 bits per heavy atom. The van der Waals surface area contributed by atoms with Gasteiger partial charge in [0, 0.05) is 6.07 Å². The molecule has 21 heavy (non-hydrogen) atoms. The van der Waals surface area contributed by atoms with Crippen molar-refractivity contribution in [1.82, 2.24) is 5.06 Å². The molecule has 0 atom stereocenters. The van der Waals surface area contributed by atoms with Gasteiger partial charge in [0.1, 0.15) is 5.76 Å². The maximum Gasteiger partial charge on any atom is 0.336 e. The van der Waals surface area contributed by atoms with Crippen LogP contribution in [0.4, 0.5) is 0 Å². The van der Waals surface area contributed by atoms with Crippen LogP contribution in [0.25, 0.3) is 0 Å². The van der Waals surface area contributed by atoms with Gasteiger partial charge in [0.05, 0.1) is 19.1 Å². The van der Waals surface area contributed by atoms with E-state index >= 15 is 0 Å². The van der Waals surface area contributed by atoms with Crippen molar-refractivity contribution in [2.75, 3.05) is 7.11 Å². The number of fused-ring (bicyclic) bond motifs is 1. The van der Waals surface area contributed by atoms with Gasteiger partial charge in [0.25, 0.3) is 11.8 Å². The molecule has 0 bridgehead atoms. The summed E-state index contributed by atoms with van der Waals surface area (Å²) in [7, 11) is 1.27. The number of hydrogen-bond donors (Lipinski definition) is 0. The van der Waals surface area contributed by atoms with E-state index in [0.29, 0.717) is 17.5 Å². The lowest BCUT2D eigenvalue weighted by atomic mass is 9.97. The van der Waals surface area contributed by atoms with Crippen molar-refractivity contribution in [2.24, 2.45) is 5.92 Å². The molecule has 0 aromatic carbocycles. The van der Waals surface area contributed by atoms with Gasteiger partial charge < -0.3 is 4.42 Å². The molecular weight excluding hydrogens is 274 g/mol. The zero-order valence-corrected chi connectivity index (χ0v) is 11.9. The predicted molar refractivity (Wildman–Crippen MR) is 72.5 cm³/mol. The van der Waals surface area contributed by atoms with Crippen LogP contribution < -0.4 is 5.63 Å². The standard InChI is InChI=1S/C15H17NO5/c1-20-16-12(17)8-11-14(15(16)19)10(7-13(18)21-11)4-2-3-9-5-6-9/h7,9H,2-6,8H2,1H3. The number of aryl methyl sites for hydroxylation is 1. The minimum atomic E-state index is -0.547. The molecule has 6 heteroatoms. The van der Waals surface area contributed by atoms with Crippen LogP contribution in [0.5, 0.6) is 0 Å². The molecule has 1 aromatic rings. The van der Waals surface area contributed by atoms with Crippen molar-refractivity contribution in [3.8, 4) is 0 Å². The fourth-order valence-corrected chi connectivity index (χ4v) is 2.77. The second kappa shape index (κ2) is 5.44. The first-order chi connectivity index (χ1) is 10.1. The fourth-order valence-electron chi connectivity index (χ4n) is 2.77. The third-order valence-corrected chi connectivity index (χ3v) is 3.99. The average Bonchev–Trinajstić information content (AvgIpc) is 3.22. The van der Waals surface area contributed by atoms with E-state index < -0.39 is 17.4 Å². The Morgan fingerprint density at radius 1 is 1.33 bits per heavy atom. The molecule has 1 aliphatic heterocycles. The molecule has 1 aromatic heterocycles. The molecule has 1 aliphatic carbocycles. The molecular formula is C15H17NO5. The van der Waals surface area contributed by atoms with Crippen LogP contribution in [-0.2, 0) is 22.5 Å². The largest absolute Gasteiger partial charge is 0.426 e. The second-order valence-electron chi connectivity index (χ2n) is 5.58. The number of nitrogens with zero attached hydrogens (tertiary/aromatic N) is 1. The summed E-state index contributed by atoms with van der Waals surface area (Å²) in [5.74, 6) is -0.108. The highest BCUT2D eigenvalue weighted by molar-refractivity contribution is 6.08.